The van der Waals surface area contributed by atoms with Crippen LogP contribution in [0.25, 0.3) is 11.3 Å². The van der Waals surface area contributed by atoms with E-state index in [0.717, 1.165) is 17.7 Å². The molecule has 94 valence electrons. The minimum absolute atomic E-state index is 0.473. The number of carbonyl (C=O) groups excluding carboxylic acids is 1. The molecular weight excluding hydrogens is 228 g/mol. The van der Waals surface area contributed by atoms with Crippen molar-refractivity contribution >= 4 is 5.91 Å². The fourth-order valence-corrected chi connectivity index (χ4v) is 2.16. The molecule has 3 rings (SSSR count). The number of carbonyl (C=O) groups is 1. The van der Waals surface area contributed by atoms with Crippen LogP contribution in [-0.4, -0.2) is 15.7 Å². The second-order valence-corrected chi connectivity index (χ2v) is 3.83. The largest absolute Gasteiger partial charge is 0.343 e. The van der Waals surface area contributed by atoms with Gasteiger partial charge in [0.2, 0.25) is 0 Å². The molecule has 2 heterocycles. The number of fused-ring (bicyclic) bond motifs is 3. The van der Waals surface area contributed by atoms with Crippen molar-refractivity contribution < 1.29 is 10.0 Å². The summed E-state index contributed by atoms with van der Waals surface area (Å²) in [5.41, 5.74) is 5.55. The first-order valence-corrected chi connectivity index (χ1v) is 6.02. The molecule has 0 saturated heterocycles. The second kappa shape index (κ2) is 5.06. The summed E-state index contributed by atoms with van der Waals surface area (Å²) in [6.45, 7) is 4.78. The van der Waals surface area contributed by atoms with Gasteiger partial charge in [-0.05, 0) is 29.8 Å². The van der Waals surface area contributed by atoms with Gasteiger partial charge in [-0.15, -0.1) is 0 Å². The summed E-state index contributed by atoms with van der Waals surface area (Å²) >= 11 is 0. The normalized spacial score (nSPS) is 11.1. The van der Waals surface area contributed by atoms with Crippen LogP contribution in [0.3, 0.4) is 0 Å². The van der Waals surface area contributed by atoms with Gasteiger partial charge in [0.25, 0.3) is 5.91 Å². The number of hydrogen-bond acceptors (Lipinski definition) is 2. The molecule has 2 N–H and O–H groups in total. The standard InChI is InChI=1S/C12H10N2O2.C2H6/c15-12(13-16)8-3-4-10-9(6-8)7-14-5-1-2-11(10)14;1-2/h1-6,16H,7H2,(H,13,15);1-2H3. The minimum atomic E-state index is -0.473. The molecule has 4 nitrogen and oxygen atoms in total. The van der Waals surface area contributed by atoms with E-state index in [1.165, 1.54) is 5.69 Å². The van der Waals surface area contributed by atoms with E-state index in [0.29, 0.717) is 5.56 Å². The van der Waals surface area contributed by atoms with Gasteiger partial charge in [-0.1, -0.05) is 19.9 Å². The highest BCUT2D eigenvalue weighted by atomic mass is 16.5. The smallest absolute Gasteiger partial charge is 0.274 e. The van der Waals surface area contributed by atoms with E-state index in [9.17, 15) is 4.79 Å². The van der Waals surface area contributed by atoms with Crippen LogP contribution < -0.4 is 5.48 Å². The van der Waals surface area contributed by atoms with Crippen molar-refractivity contribution in [2.45, 2.75) is 20.4 Å². The van der Waals surface area contributed by atoms with E-state index in [1.54, 1.807) is 11.5 Å². The summed E-state index contributed by atoms with van der Waals surface area (Å²) in [4.78, 5) is 11.3. The van der Waals surface area contributed by atoms with Crippen LogP contribution in [-0.2, 0) is 6.54 Å². The third-order valence-corrected chi connectivity index (χ3v) is 2.92. The minimum Gasteiger partial charge on any atom is -0.343 e. The van der Waals surface area contributed by atoms with Gasteiger partial charge in [0.05, 0.1) is 0 Å². The number of nitrogens with zero attached hydrogens (tertiary/aromatic N) is 1. The van der Waals surface area contributed by atoms with Crippen LogP contribution in [0.1, 0.15) is 29.8 Å². The summed E-state index contributed by atoms with van der Waals surface area (Å²) in [7, 11) is 0. The molecule has 1 aromatic heterocycles. The van der Waals surface area contributed by atoms with E-state index in [1.807, 2.05) is 38.2 Å². The van der Waals surface area contributed by atoms with Crippen LogP contribution >= 0.6 is 0 Å². The average molecular weight is 244 g/mol. The Balaban J connectivity index is 0.000000574. The molecule has 0 fully saturated rings. The zero-order valence-electron chi connectivity index (χ0n) is 10.5. The molecule has 0 atom stereocenters. The van der Waals surface area contributed by atoms with Crippen LogP contribution in [0.2, 0.25) is 0 Å². The van der Waals surface area contributed by atoms with Gasteiger partial charge in [0.15, 0.2) is 0 Å². The third kappa shape index (κ3) is 1.91. The van der Waals surface area contributed by atoms with Gasteiger partial charge in [-0.2, -0.15) is 0 Å². The first-order chi connectivity index (χ1) is 8.79. The van der Waals surface area contributed by atoms with Crippen molar-refractivity contribution in [3.8, 4) is 11.3 Å². The number of benzene rings is 1. The zero-order chi connectivity index (χ0) is 13.1. The summed E-state index contributed by atoms with van der Waals surface area (Å²) in [5, 5.41) is 8.57. The maximum atomic E-state index is 11.3. The first-order valence-electron chi connectivity index (χ1n) is 6.02. The molecule has 1 amide bonds. The highest BCUT2D eigenvalue weighted by Gasteiger charge is 2.18. The average Bonchev–Trinajstić information content (AvgIpc) is 2.99. The summed E-state index contributed by atoms with van der Waals surface area (Å²) in [6.07, 6.45) is 2.02. The van der Waals surface area contributed by atoms with Crippen molar-refractivity contribution in [2.75, 3.05) is 0 Å². The van der Waals surface area contributed by atoms with Crippen molar-refractivity contribution in [2.24, 2.45) is 0 Å². The van der Waals surface area contributed by atoms with Crippen molar-refractivity contribution in [1.29, 1.82) is 0 Å². The van der Waals surface area contributed by atoms with E-state index >= 15 is 0 Å². The highest BCUT2D eigenvalue weighted by molar-refractivity contribution is 5.94. The molecule has 0 bridgehead atoms. The van der Waals surface area contributed by atoms with Crippen LogP contribution in [0.5, 0.6) is 0 Å². The fraction of sp³-hybridized carbons (Fsp3) is 0.214. The van der Waals surface area contributed by atoms with Gasteiger partial charge in [0, 0.05) is 29.6 Å². The Morgan fingerprint density at radius 2 is 2.11 bits per heavy atom. The number of rotatable bonds is 1. The maximum Gasteiger partial charge on any atom is 0.274 e. The molecule has 0 spiro atoms. The van der Waals surface area contributed by atoms with Crippen molar-refractivity contribution in [3.63, 3.8) is 0 Å². The van der Waals surface area contributed by atoms with E-state index < -0.39 is 5.91 Å². The number of aromatic nitrogens is 1. The topological polar surface area (TPSA) is 54.3 Å². The van der Waals surface area contributed by atoms with E-state index in [2.05, 4.69) is 10.6 Å². The third-order valence-electron chi connectivity index (χ3n) is 2.92. The Kier molecular flexibility index (Phi) is 3.48. The lowest BCUT2D eigenvalue weighted by Crippen LogP contribution is -2.18. The van der Waals surface area contributed by atoms with Crippen LogP contribution in [0.15, 0.2) is 36.5 Å². The van der Waals surface area contributed by atoms with Gasteiger partial charge in [-0.3, -0.25) is 10.0 Å². The summed E-state index contributed by atoms with van der Waals surface area (Å²) < 4.78 is 2.13. The lowest BCUT2D eigenvalue weighted by Gasteiger charge is -2.02. The fourth-order valence-electron chi connectivity index (χ4n) is 2.16. The van der Waals surface area contributed by atoms with Crippen LogP contribution in [0.4, 0.5) is 0 Å². The van der Waals surface area contributed by atoms with Gasteiger partial charge < -0.3 is 4.57 Å². The van der Waals surface area contributed by atoms with Gasteiger partial charge in [0.1, 0.15) is 0 Å². The molecule has 0 aliphatic carbocycles. The monoisotopic (exact) mass is 244 g/mol. The Morgan fingerprint density at radius 3 is 2.83 bits per heavy atom. The van der Waals surface area contributed by atoms with Crippen molar-refractivity contribution in [1.82, 2.24) is 10.0 Å². The van der Waals surface area contributed by atoms with Crippen LogP contribution in [0, 0.1) is 0 Å². The lowest BCUT2D eigenvalue weighted by atomic mass is 10.0. The SMILES string of the molecule is CC.O=C(NO)c1ccc2c(c1)Cn1cccc1-2. The number of nitrogens with one attached hydrogen (secondary N) is 1. The predicted molar refractivity (Wildman–Crippen MR) is 69.6 cm³/mol. The summed E-state index contributed by atoms with van der Waals surface area (Å²) in [5.74, 6) is -0.473. The molecule has 0 saturated carbocycles. The van der Waals surface area contributed by atoms with E-state index in [4.69, 9.17) is 5.21 Å². The maximum absolute atomic E-state index is 11.3. The molecule has 4 heteroatoms. The molecule has 1 aromatic carbocycles. The summed E-state index contributed by atoms with van der Waals surface area (Å²) in [6, 6.07) is 9.50. The first kappa shape index (κ1) is 12.4. The molecule has 0 radical (unpaired) electrons. The number of hydroxylamine groups is 1. The molecular formula is C14H16N2O2. The highest BCUT2D eigenvalue weighted by Crippen LogP contribution is 2.32. The van der Waals surface area contributed by atoms with Gasteiger partial charge >= 0.3 is 0 Å². The predicted octanol–water partition coefficient (Wildman–Crippen LogP) is 2.66. The molecule has 0 unspecified atom stereocenters. The Hall–Kier alpha value is -2.07. The Labute approximate surface area is 106 Å². The Morgan fingerprint density at radius 1 is 1.33 bits per heavy atom. The van der Waals surface area contributed by atoms with Crippen molar-refractivity contribution in [3.05, 3.63) is 47.7 Å². The molecule has 1 aliphatic heterocycles. The number of hydrogen-bond donors (Lipinski definition) is 2. The number of amides is 1. The molecule has 1 aliphatic rings. The van der Waals surface area contributed by atoms with Gasteiger partial charge in [-0.25, -0.2) is 5.48 Å². The van der Waals surface area contributed by atoms with E-state index in [-0.39, 0.29) is 0 Å². The quantitative estimate of drug-likeness (QED) is 0.510. The lowest BCUT2D eigenvalue weighted by molar-refractivity contribution is 0.0706. The molecule has 2 aromatic rings. The Bertz CT molecular complexity index is 573. The molecule has 18 heavy (non-hydrogen) atoms. The second-order valence-electron chi connectivity index (χ2n) is 3.83. The zero-order valence-corrected chi connectivity index (χ0v) is 10.5.